The number of nitriles is 1. The van der Waals surface area contributed by atoms with Crippen LogP contribution in [0.1, 0.15) is 30.1 Å². The summed E-state index contributed by atoms with van der Waals surface area (Å²) < 4.78 is 1.98. The molecule has 1 aliphatic heterocycles. The van der Waals surface area contributed by atoms with Crippen molar-refractivity contribution < 1.29 is 9.67 Å². The van der Waals surface area contributed by atoms with Gasteiger partial charge in [0.05, 0.1) is 12.0 Å². The van der Waals surface area contributed by atoms with E-state index >= 15 is 0 Å². The number of aromatic nitrogens is 2. The zero-order valence-electron chi connectivity index (χ0n) is 13.5. The summed E-state index contributed by atoms with van der Waals surface area (Å²) in [5, 5.41) is 23.9. The molecule has 0 spiro atoms. The van der Waals surface area contributed by atoms with Crippen LogP contribution in [0.4, 0.5) is 0 Å². The van der Waals surface area contributed by atoms with Gasteiger partial charge in [0.2, 0.25) is 6.04 Å². The highest BCUT2D eigenvalue weighted by atomic mass is 32.1. The molecule has 0 radical (unpaired) electrons. The Hall–Kier alpha value is -2.49. The fourth-order valence-corrected chi connectivity index (χ4v) is 3.69. The lowest BCUT2D eigenvalue weighted by Crippen LogP contribution is -2.64. The average molecular weight is 338 g/mol. The highest BCUT2D eigenvalue weighted by molar-refractivity contribution is 7.63. The molecule has 3 atom stereocenters. The fourth-order valence-electron chi connectivity index (χ4n) is 3.31. The van der Waals surface area contributed by atoms with Crippen molar-refractivity contribution in [1.82, 2.24) is 10.3 Å². The first-order chi connectivity index (χ1) is 11.5. The number of aryl methyl sites for hydroxylation is 1. The predicted molar refractivity (Wildman–Crippen MR) is 91.2 cm³/mol. The number of aliphatic hydroxyl groups is 1. The van der Waals surface area contributed by atoms with Crippen molar-refractivity contribution in [2.24, 2.45) is 0 Å². The van der Waals surface area contributed by atoms with Crippen molar-refractivity contribution in [3.05, 3.63) is 70.8 Å². The molecule has 2 N–H and O–H groups in total. The molecule has 3 rings (SSSR count). The van der Waals surface area contributed by atoms with Gasteiger partial charge in [-0.25, -0.2) is 0 Å². The maximum absolute atomic E-state index is 11.1. The Morgan fingerprint density at radius 1 is 1.38 bits per heavy atom. The summed E-state index contributed by atoms with van der Waals surface area (Å²) in [6.45, 7) is 3.65. The third-order valence-corrected chi connectivity index (χ3v) is 4.70. The Balaban J connectivity index is 2.27. The van der Waals surface area contributed by atoms with Crippen molar-refractivity contribution >= 4 is 12.6 Å². The van der Waals surface area contributed by atoms with Crippen molar-refractivity contribution in [2.45, 2.75) is 31.5 Å². The molecule has 0 saturated carbocycles. The van der Waals surface area contributed by atoms with Crippen molar-refractivity contribution in [3.63, 3.8) is 0 Å². The van der Waals surface area contributed by atoms with Gasteiger partial charge in [0.15, 0.2) is 17.6 Å². The summed E-state index contributed by atoms with van der Waals surface area (Å²) in [5.41, 5.74) is 0.946. The van der Waals surface area contributed by atoms with E-state index in [1.54, 1.807) is 19.3 Å². The molecule has 0 aromatic carbocycles. The topological polar surface area (TPSA) is 72.8 Å². The quantitative estimate of drug-likeness (QED) is 0.643. The molecule has 24 heavy (non-hydrogen) atoms. The molecule has 1 unspecified atom stereocenters. The van der Waals surface area contributed by atoms with E-state index < -0.39 is 17.7 Å². The summed E-state index contributed by atoms with van der Waals surface area (Å²) >= 11 is 5.33. The highest BCUT2D eigenvalue weighted by Gasteiger charge is 2.50. The molecule has 0 aliphatic carbocycles. The first kappa shape index (κ1) is 16.4. The molecular formula is C18H18N4OS. The molecule has 0 fully saturated rings. The zero-order valence-corrected chi connectivity index (χ0v) is 14.3. The number of nitrogens with zero attached hydrogens (tertiary/aromatic N) is 3. The van der Waals surface area contributed by atoms with Crippen LogP contribution in [0.2, 0.25) is 0 Å². The first-order valence-corrected chi connectivity index (χ1v) is 8.05. The van der Waals surface area contributed by atoms with E-state index in [1.165, 1.54) is 0 Å². The zero-order chi connectivity index (χ0) is 17.3. The van der Waals surface area contributed by atoms with Crippen LogP contribution < -0.4 is 9.88 Å². The average Bonchev–Trinajstić information content (AvgIpc) is 2.55. The minimum absolute atomic E-state index is 0.279. The number of hydrogen-bond donors (Lipinski definition) is 2. The van der Waals surface area contributed by atoms with Crippen molar-refractivity contribution in [3.8, 4) is 6.07 Å². The lowest BCUT2D eigenvalue weighted by molar-refractivity contribution is -0.746. The van der Waals surface area contributed by atoms with Crippen LogP contribution in [0, 0.1) is 18.3 Å². The number of hydrogen-bond acceptors (Lipinski definition) is 5. The van der Waals surface area contributed by atoms with Crippen LogP contribution in [-0.2, 0) is 12.6 Å². The Morgan fingerprint density at radius 3 is 2.79 bits per heavy atom. The molecule has 2 aromatic rings. The van der Waals surface area contributed by atoms with Crippen LogP contribution >= 0.6 is 0 Å². The fraction of sp³-hybridized carbons (Fsp3) is 0.278. The van der Waals surface area contributed by atoms with E-state index in [1.807, 2.05) is 48.0 Å². The van der Waals surface area contributed by atoms with Gasteiger partial charge in [-0.3, -0.25) is 4.98 Å². The van der Waals surface area contributed by atoms with Crippen LogP contribution in [0.3, 0.4) is 0 Å². The van der Waals surface area contributed by atoms with E-state index in [0.29, 0.717) is 5.57 Å². The predicted octanol–water partition coefficient (Wildman–Crippen LogP) is 1.60. The Bertz CT molecular complexity index is 826. The molecule has 3 heterocycles. The Labute approximate surface area is 146 Å². The summed E-state index contributed by atoms with van der Waals surface area (Å²) in [6, 6.07) is 11.3. The second kappa shape index (κ2) is 6.19. The number of allylic oxidation sites excluding steroid dienone is 1. The van der Waals surface area contributed by atoms with Crippen molar-refractivity contribution in [2.75, 3.05) is 0 Å². The second-order valence-corrected chi connectivity index (χ2v) is 6.49. The largest absolute Gasteiger partial charge is 0.762 e. The number of pyridine rings is 2. The van der Waals surface area contributed by atoms with Gasteiger partial charge in [-0.1, -0.05) is 17.2 Å². The van der Waals surface area contributed by atoms with Crippen LogP contribution in [0.5, 0.6) is 0 Å². The van der Waals surface area contributed by atoms with Gasteiger partial charge < -0.3 is 23.1 Å². The van der Waals surface area contributed by atoms with E-state index in [9.17, 15) is 10.4 Å². The monoisotopic (exact) mass is 338 g/mol. The van der Waals surface area contributed by atoms with Crippen molar-refractivity contribution in [1.29, 1.82) is 5.26 Å². The normalized spacial score (nSPS) is 26.6. The van der Waals surface area contributed by atoms with Gasteiger partial charge in [0.1, 0.15) is 0 Å². The smallest absolute Gasteiger partial charge is 0.216 e. The molecule has 0 amide bonds. The van der Waals surface area contributed by atoms with E-state index in [4.69, 9.17) is 12.6 Å². The van der Waals surface area contributed by atoms with Gasteiger partial charge in [-0.15, -0.1) is 0 Å². The molecular weight excluding hydrogens is 320 g/mol. The van der Waals surface area contributed by atoms with Gasteiger partial charge in [0.25, 0.3) is 0 Å². The molecule has 1 aliphatic rings. The third-order valence-electron chi connectivity index (χ3n) is 4.38. The number of rotatable bonds is 2. The highest BCUT2D eigenvalue weighted by Crippen LogP contribution is 2.42. The Morgan fingerprint density at radius 2 is 2.17 bits per heavy atom. The summed E-state index contributed by atoms with van der Waals surface area (Å²) in [5.74, 6) is -0.390. The molecule has 5 nitrogen and oxygen atoms in total. The van der Waals surface area contributed by atoms with Gasteiger partial charge in [-0.05, 0) is 18.6 Å². The van der Waals surface area contributed by atoms with Crippen LogP contribution in [-0.4, -0.2) is 15.8 Å². The van der Waals surface area contributed by atoms with Crippen LogP contribution in [0.25, 0.3) is 0 Å². The van der Waals surface area contributed by atoms with Gasteiger partial charge in [-0.2, -0.15) is 9.83 Å². The standard InChI is InChI=1S/C18H18N4OS/c1-12-6-3-4-9-22(12)16-15(13-7-5-8-20-11-13)14(10-19)17(24)21-18(16,2)23/h3-9,11,15-16,21,23H,1-2H3/t15-,16?,18+/m0/s1. The minimum atomic E-state index is -1.31. The van der Waals surface area contributed by atoms with E-state index in [2.05, 4.69) is 16.4 Å². The number of nitrogens with one attached hydrogen (secondary N) is 1. The van der Waals surface area contributed by atoms with Crippen LogP contribution in [0.15, 0.2) is 59.5 Å². The third kappa shape index (κ3) is 2.73. The summed E-state index contributed by atoms with van der Waals surface area (Å²) in [6.07, 6.45) is 5.31. The van der Waals surface area contributed by atoms with Gasteiger partial charge >= 0.3 is 0 Å². The molecule has 6 heteroatoms. The molecule has 2 aromatic heterocycles. The second-order valence-electron chi connectivity index (χ2n) is 6.09. The summed E-state index contributed by atoms with van der Waals surface area (Å²) in [7, 11) is 0. The Kier molecular flexibility index (Phi) is 4.22. The van der Waals surface area contributed by atoms with Gasteiger partial charge in [0, 0.05) is 37.0 Å². The molecule has 0 saturated heterocycles. The van der Waals surface area contributed by atoms with E-state index in [0.717, 1.165) is 11.3 Å². The molecule has 122 valence electrons. The first-order valence-electron chi connectivity index (χ1n) is 7.64. The lowest BCUT2D eigenvalue weighted by Gasteiger charge is -2.43. The van der Waals surface area contributed by atoms with E-state index in [-0.39, 0.29) is 5.03 Å². The SMILES string of the molecule is Cc1cccc[n+]1C1[C@@H](c2cccnc2)C(C#N)=C([S-])N[C@]1(C)O. The lowest BCUT2D eigenvalue weighted by atomic mass is 9.78. The minimum Gasteiger partial charge on any atom is -0.762 e. The molecule has 0 bridgehead atoms. The summed E-state index contributed by atoms with van der Waals surface area (Å²) in [4.78, 5) is 4.17. The maximum atomic E-state index is 11.1. The maximum Gasteiger partial charge on any atom is 0.216 e.